The quantitative estimate of drug-likeness (QED) is 0.549. The fourth-order valence-corrected chi connectivity index (χ4v) is 0.972. The first kappa shape index (κ1) is 9.74. The summed E-state index contributed by atoms with van der Waals surface area (Å²) in [7, 11) is 0. The van der Waals surface area contributed by atoms with Gasteiger partial charge < -0.3 is 9.84 Å². The van der Waals surface area contributed by atoms with Crippen molar-refractivity contribution in [1.82, 2.24) is 0 Å². The molecule has 1 aromatic rings. The standard InChI is InChI=1S/C10H12O3/c1-7-3-4-8(2)9(5-7)13-10(12)6-11/h3-5,11H,6H2,1-2H3. The van der Waals surface area contributed by atoms with Crippen molar-refractivity contribution in [3.63, 3.8) is 0 Å². The van der Waals surface area contributed by atoms with Crippen molar-refractivity contribution in [2.45, 2.75) is 13.8 Å². The van der Waals surface area contributed by atoms with Crippen LogP contribution in [0.3, 0.4) is 0 Å². The first-order valence-corrected chi connectivity index (χ1v) is 4.02. The van der Waals surface area contributed by atoms with Gasteiger partial charge in [-0.05, 0) is 31.0 Å². The van der Waals surface area contributed by atoms with Crippen LogP contribution in [0, 0.1) is 13.8 Å². The Morgan fingerprint density at radius 2 is 2.15 bits per heavy atom. The van der Waals surface area contributed by atoms with E-state index in [0.717, 1.165) is 11.1 Å². The maximum atomic E-state index is 10.8. The average Bonchev–Trinajstić information content (AvgIpc) is 2.11. The minimum absolute atomic E-state index is 0.513. The summed E-state index contributed by atoms with van der Waals surface area (Å²) in [4.78, 5) is 10.8. The fourth-order valence-electron chi connectivity index (χ4n) is 0.972. The summed E-state index contributed by atoms with van der Waals surface area (Å²) in [5.41, 5.74) is 1.90. The van der Waals surface area contributed by atoms with E-state index in [4.69, 9.17) is 9.84 Å². The maximum absolute atomic E-state index is 10.8. The zero-order valence-corrected chi connectivity index (χ0v) is 7.70. The third-order valence-corrected chi connectivity index (χ3v) is 1.70. The second kappa shape index (κ2) is 4.05. The van der Waals surface area contributed by atoms with E-state index in [1.54, 1.807) is 6.07 Å². The van der Waals surface area contributed by atoms with Gasteiger partial charge in [0.25, 0.3) is 0 Å². The first-order valence-electron chi connectivity index (χ1n) is 4.02. The zero-order chi connectivity index (χ0) is 9.84. The number of carbonyl (C=O) groups excluding carboxylic acids is 1. The SMILES string of the molecule is Cc1ccc(C)c(OC(=O)CO)c1. The molecule has 0 saturated carbocycles. The molecule has 70 valence electrons. The van der Waals surface area contributed by atoms with Gasteiger partial charge in [-0.25, -0.2) is 4.79 Å². The van der Waals surface area contributed by atoms with Crippen molar-refractivity contribution in [2.24, 2.45) is 0 Å². The van der Waals surface area contributed by atoms with E-state index < -0.39 is 12.6 Å². The van der Waals surface area contributed by atoms with E-state index in [1.807, 2.05) is 26.0 Å². The predicted molar refractivity (Wildman–Crippen MR) is 48.6 cm³/mol. The van der Waals surface area contributed by atoms with E-state index in [0.29, 0.717) is 5.75 Å². The Balaban J connectivity index is 2.87. The molecule has 0 heterocycles. The second-order valence-electron chi connectivity index (χ2n) is 2.90. The third-order valence-electron chi connectivity index (χ3n) is 1.70. The monoisotopic (exact) mass is 180 g/mol. The number of benzene rings is 1. The van der Waals surface area contributed by atoms with Crippen LogP contribution < -0.4 is 4.74 Å². The summed E-state index contributed by atoms with van der Waals surface area (Å²) in [5.74, 6) is -0.118. The van der Waals surface area contributed by atoms with Crippen LogP contribution in [0.4, 0.5) is 0 Å². The minimum Gasteiger partial charge on any atom is -0.425 e. The molecule has 0 radical (unpaired) electrons. The Hall–Kier alpha value is -1.35. The highest BCUT2D eigenvalue weighted by Gasteiger charge is 2.05. The van der Waals surface area contributed by atoms with E-state index in [1.165, 1.54) is 0 Å². The molecule has 13 heavy (non-hydrogen) atoms. The van der Waals surface area contributed by atoms with Gasteiger partial charge in [-0.2, -0.15) is 0 Å². The van der Waals surface area contributed by atoms with Crippen LogP contribution in [0.15, 0.2) is 18.2 Å². The van der Waals surface area contributed by atoms with Gasteiger partial charge in [0.05, 0.1) is 0 Å². The molecule has 0 saturated heterocycles. The van der Waals surface area contributed by atoms with Gasteiger partial charge in [0, 0.05) is 0 Å². The molecule has 3 heteroatoms. The molecule has 0 spiro atoms. The van der Waals surface area contributed by atoms with Gasteiger partial charge in [-0.1, -0.05) is 12.1 Å². The van der Waals surface area contributed by atoms with Crippen LogP contribution in [0.2, 0.25) is 0 Å². The summed E-state index contributed by atoms with van der Waals surface area (Å²) >= 11 is 0. The number of rotatable bonds is 2. The molecule has 0 bridgehead atoms. The molecule has 0 unspecified atom stereocenters. The molecule has 3 nitrogen and oxygen atoms in total. The highest BCUT2D eigenvalue weighted by Crippen LogP contribution is 2.18. The van der Waals surface area contributed by atoms with Gasteiger partial charge in [0.15, 0.2) is 0 Å². The molecule has 0 fully saturated rings. The van der Waals surface area contributed by atoms with E-state index in [2.05, 4.69) is 0 Å². The van der Waals surface area contributed by atoms with Gasteiger partial charge in [0.1, 0.15) is 12.4 Å². The van der Waals surface area contributed by atoms with E-state index >= 15 is 0 Å². The van der Waals surface area contributed by atoms with Gasteiger partial charge in [0.2, 0.25) is 0 Å². The lowest BCUT2D eigenvalue weighted by Crippen LogP contribution is -2.12. The number of aryl methyl sites for hydroxylation is 2. The molecular formula is C10H12O3. The van der Waals surface area contributed by atoms with Crippen molar-refractivity contribution in [2.75, 3.05) is 6.61 Å². The lowest BCUT2D eigenvalue weighted by Gasteiger charge is -2.06. The Labute approximate surface area is 77.0 Å². The van der Waals surface area contributed by atoms with Crippen LogP contribution in [0.1, 0.15) is 11.1 Å². The summed E-state index contributed by atoms with van der Waals surface area (Å²) in [5, 5.41) is 8.48. The van der Waals surface area contributed by atoms with Crippen LogP contribution in [0.25, 0.3) is 0 Å². The Kier molecular flexibility index (Phi) is 3.03. The van der Waals surface area contributed by atoms with Crippen molar-refractivity contribution in [3.8, 4) is 5.75 Å². The van der Waals surface area contributed by atoms with Gasteiger partial charge in [-0.3, -0.25) is 0 Å². The highest BCUT2D eigenvalue weighted by molar-refractivity contribution is 5.73. The van der Waals surface area contributed by atoms with Gasteiger partial charge in [-0.15, -0.1) is 0 Å². The molecule has 0 aliphatic heterocycles. The van der Waals surface area contributed by atoms with Crippen molar-refractivity contribution in [3.05, 3.63) is 29.3 Å². The molecule has 0 aliphatic carbocycles. The number of aliphatic hydroxyl groups is 1. The third kappa shape index (κ3) is 2.56. The number of ether oxygens (including phenoxy) is 1. The average molecular weight is 180 g/mol. The van der Waals surface area contributed by atoms with Gasteiger partial charge >= 0.3 is 5.97 Å². The van der Waals surface area contributed by atoms with E-state index in [9.17, 15) is 4.79 Å². The Morgan fingerprint density at radius 3 is 2.77 bits per heavy atom. The number of carbonyl (C=O) groups is 1. The number of aliphatic hydroxyl groups excluding tert-OH is 1. The van der Waals surface area contributed by atoms with Crippen LogP contribution in [-0.4, -0.2) is 17.7 Å². The first-order chi connectivity index (χ1) is 6.13. The number of esters is 1. The zero-order valence-electron chi connectivity index (χ0n) is 7.70. The summed E-state index contributed by atoms with van der Waals surface area (Å²) in [6, 6.07) is 5.57. The topological polar surface area (TPSA) is 46.5 Å². The smallest absolute Gasteiger partial charge is 0.337 e. The predicted octanol–water partition coefficient (Wildman–Crippen LogP) is 1.20. The number of hydrogen-bond acceptors (Lipinski definition) is 3. The molecule has 0 aromatic heterocycles. The largest absolute Gasteiger partial charge is 0.425 e. The minimum atomic E-state index is -0.631. The highest BCUT2D eigenvalue weighted by atomic mass is 16.5. The molecule has 1 aromatic carbocycles. The molecule has 0 atom stereocenters. The molecule has 0 amide bonds. The van der Waals surface area contributed by atoms with Crippen molar-refractivity contribution < 1.29 is 14.6 Å². The second-order valence-corrected chi connectivity index (χ2v) is 2.90. The van der Waals surface area contributed by atoms with Crippen LogP contribution >= 0.6 is 0 Å². The molecule has 1 N–H and O–H groups in total. The summed E-state index contributed by atoms with van der Waals surface area (Å²) in [6.07, 6.45) is 0. The lowest BCUT2D eigenvalue weighted by molar-refractivity contribution is -0.137. The van der Waals surface area contributed by atoms with Crippen molar-refractivity contribution >= 4 is 5.97 Å². The van der Waals surface area contributed by atoms with Crippen molar-refractivity contribution in [1.29, 1.82) is 0 Å². The number of hydrogen-bond donors (Lipinski definition) is 1. The summed E-state index contributed by atoms with van der Waals surface area (Å²) in [6.45, 7) is 3.17. The Morgan fingerprint density at radius 1 is 1.46 bits per heavy atom. The fraction of sp³-hybridized carbons (Fsp3) is 0.300. The normalized spacial score (nSPS) is 9.77. The molecule has 1 rings (SSSR count). The molecular weight excluding hydrogens is 168 g/mol. The van der Waals surface area contributed by atoms with Crippen LogP contribution in [0.5, 0.6) is 5.75 Å². The molecule has 0 aliphatic rings. The maximum Gasteiger partial charge on any atom is 0.337 e. The Bertz CT molecular complexity index is 318. The van der Waals surface area contributed by atoms with E-state index in [-0.39, 0.29) is 0 Å². The lowest BCUT2D eigenvalue weighted by atomic mass is 10.1. The van der Waals surface area contributed by atoms with Crippen LogP contribution in [-0.2, 0) is 4.79 Å². The summed E-state index contributed by atoms with van der Waals surface area (Å²) < 4.78 is 4.89.